The molecule has 0 saturated heterocycles. The summed E-state index contributed by atoms with van der Waals surface area (Å²) in [7, 11) is 4.48. The second-order valence-electron chi connectivity index (χ2n) is 6.89. The zero-order valence-corrected chi connectivity index (χ0v) is 18.0. The van der Waals surface area contributed by atoms with Gasteiger partial charge in [0.05, 0.1) is 18.9 Å². The Labute approximate surface area is 165 Å². The number of ketones is 1. The molecule has 0 aliphatic carbocycles. The molecule has 0 aliphatic rings. The maximum atomic E-state index is 12.4. The van der Waals surface area contributed by atoms with Gasteiger partial charge in [-0.15, -0.1) is 0 Å². The zero-order valence-electron chi connectivity index (χ0n) is 15.7. The highest BCUT2D eigenvalue weighted by atomic mass is 31.0. The van der Waals surface area contributed by atoms with E-state index in [1.165, 1.54) is 0 Å². The molecular weight excluding hydrogens is 378 g/mol. The minimum atomic E-state index is -0.352. The van der Waals surface area contributed by atoms with E-state index >= 15 is 0 Å². The van der Waals surface area contributed by atoms with Crippen LogP contribution in [0.1, 0.15) is 44.2 Å². The first-order valence-electron chi connectivity index (χ1n) is 8.85. The van der Waals surface area contributed by atoms with E-state index in [2.05, 4.69) is 25.9 Å². The molecule has 27 heavy (non-hydrogen) atoms. The summed E-state index contributed by atoms with van der Waals surface area (Å²) >= 11 is 0. The monoisotopic (exact) mass is 404 g/mol. The summed E-state index contributed by atoms with van der Waals surface area (Å²) in [5, 5.41) is 0. The molecule has 0 heterocycles. The molecule has 0 aliphatic heterocycles. The molecule has 0 N–H and O–H groups in total. The molecule has 0 radical (unpaired) electrons. The van der Waals surface area contributed by atoms with Gasteiger partial charge in [0.15, 0.2) is 0 Å². The van der Waals surface area contributed by atoms with Crippen LogP contribution in [0.5, 0.6) is 11.5 Å². The lowest BCUT2D eigenvalue weighted by molar-refractivity contribution is -0.124. The Bertz CT molecular complexity index is 709. The van der Waals surface area contributed by atoms with Gasteiger partial charge in [0, 0.05) is 24.2 Å². The quantitative estimate of drug-likeness (QED) is 0.417. The molecule has 0 bridgehead atoms. The van der Waals surface area contributed by atoms with E-state index in [0.717, 1.165) is 28.9 Å². The van der Waals surface area contributed by atoms with E-state index in [1.54, 1.807) is 0 Å². The highest BCUT2D eigenvalue weighted by Gasteiger charge is 2.30. The van der Waals surface area contributed by atoms with E-state index < -0.39 is 0 Å². The highest BCUT2D eigenvalue weighted by Crippen LogP contribution is 2.38. The van der Waals surface area contributed by atoms with Crippen LogP contribution >= 0.6 is 18.9 Å². The fourth-order valence-corrected chi connectivity index (χ4v) is 3.47. The van der Waals surface area contributed by atoms with Crippen LogP contribution in [0.3, 0.4) is 0 Å². The normalized spacial score (nSPS) is 12.3. The lowest BCUT2D eigenvalue weighted by atomic mass is 9.72. The Morgan fingerprint density at radius 1 is 1.00 bits per heavy atom. The Kier molecular flexibility index (Phi) is 7.95. The summed E-state index contributed by atoms with van der Waals surface area (Å²) in [5.41, 5.74) is 1.85. The molecule has 0 fully saturated rings. The number of carbonyl (C=O) groups excluding carboxylic acids is 2. The van der Waals surface area contributed by atoms with Crippen molar-refractivity contribution in [1.29, 1.82) is 0 Å². The van der Waals surface area contributed by atoms with Crippen molar-refractivity contribution in [2.24, 2.45) is 5.92 Å². The van der Waals surface area contributed by atoms with Crippen LogP contribution in [0.4, 0.5) is 0 Å². The first-order chi connectivity index (χ1) is 12.9. The van der Waals surface area contributed by atoms with E-state index in [4.69, 9.17) is 9.05 Å². The van der Waals surface area contributed by atoms with Gasteiger partial charge in [-0.05, 0) is 41.8 Å². The van der Waals surface area contributed by atoms with Crippen molar-refractivity contribution in [2.45, 2.75) is 38.5 Å². The summed E-state index contributed by atoms with van der Waals surface area (Å²) in [6.07, 6.45) is 2.15. The van der Waals surface area contributed by atoms with Gasteiger partial charge in [0.25, 0.3) is 0 Å². The van der Waals surface area contributed by atoms with Gasteiger partial charge in [0.1, 0.15) is 23.6 Å². The summed E-state index contributed by atoms with van der Waals surface area (Å²) in [6.45, 7) is 3.95. The molecule has 3 unspecified atom stereocenters. The molecule has 0 aromatic heterocycles. The van der Waals surface area contributed by atoms with Crippen LogP contribution in [0.2, 0.25) is 0 Å². The molecule has 0 amide bonds. The smallest absolute Gasteiger partial charge is 0.136 e. The standard InChI is InChI=1S/C21H26O4P2/c1-15(12-14-22)20(23)11-13-21(2,16-3-7-18(24-26)8-4-16)17-5-9-19(25-27)10-6-17/h3-10,14-15H,11-13,26-27H2,1-2H3. The fraction of sp³-hybridized carbons (Fsp3) is 0.333. The molecule has 0 spiro atoms. The number of hydrogen-bond donors (Lipinski definition) is 0. The van der Waals surface area contributed by atoms with Crippen LogP contribution in [-0.4, -0.2) is 12.1 Å². The summed E-state index contributed by atoms with van der Waals surface area (Å²) in [5.74, 6) is 1.39. The number of hydrogen-bond acceptors (Lipinski definition) is 4. The molecule has 4 nitrogen and oxygen atoms in total. The molecule has 2 aromatic carbocycles. The van der Waals surface area contributed by atoms with Crippen molar-refractivity contribution in [3.8, 4) is 11.5 Å². The van der Waals surface area contributed by atoms with E-state index in [9.17, 15) is 9.59 Å². The average Bonchev–Trinajstić information content (AvgIpc) is 2.72. The highest BCUT2D eigenvalue weighted by molar-refractivity contribution is 7.10. The number of aldehydes is 1. The minimum absolute atomic E-state index is 0.114. The number of Topliss-reactive ketones (excluding diaryl/α,β-unsaturated/α-hetero) is 1. The van der Waals surface area contributed by atoms with Crippen molar-refractivity contribution < 1.29 is 18.6 Å². The lowest BCUT2D eigenvalue weighted by Gasteiger charge is -2.31. The fourth-order valence-electron chi connectivity index (χ4n) is 3.15. The molecule has 0 saturated carbocycles. The maximum absolute atomic E-state index is 12.4. The minimum Gasteiger partial charge on any atom is -0.480 e. The van der Waals surface area contributed by atoms with Gasteiger partial charge < -0.3 is 13.8 Å². The summed E-state index contributed by atoms with van der Waals surface area (Å²) in [4.78, 5) is 23.1. The van der Waals surface area contributed by atoms with E-state index in [-0.39, 0.29) is 23.5 Å². The second kappa shape index (κ2) is 9.97. The SMILES string of the molecule is CC(CC=O)C(=O)CCC(C)(c1ccc(OP)cc1)c1ccc(OP)cc1. The van der Waals surface area contributed by atoms with Gasteiger partial charge in [-0.25, -0.2) is 0 Å². The number of rotatable bonds is 10. The van der Waals surface area contributed by atoms with Crippen LogP contribution in [-0.2, 0) is 15.0 Å². The largest absolute Gasteiger partial charge is 0.480 e. The first kappa shape index (κ1) is 21.5. The topological polar surface area (TPSA) is 52.6 Å². The molecule has 144 valence electrons. The van der Waals surface area contributed by atoms with Gasteiger partial charge >= 0.3 is 0 Å². The number of benzene rings is 2. The Balaban J connectivity index is 2.34. The predicted molar refractivity (Wildman–Crippen MR) is 114 cm³/mol. The van der Waals surface area contributed by atoms with E-state index in [1.807, 2.05) is 55.5 Å². The van der Waals surface area contributed by atoms with Crippen molar-refractivity contribution >= 4 is 31.0 Å². The Hall–Kier alpha value is -1.76. The zero-order chi connectivity index (χ0) is 19.9. The van der Waals surface area contributed by atoms with Crippen LogP contribution in [0.15, 0.2) is 48.5 Å². The molecule has 3 atom stereocenters. The van der Waals surface area contributed by atoms with Gasteiger partial charge in [-0.1, -0.05) is 38.1 Å². The number of carbonyl (C=O) groups is 2. The first-order valence-corrected chi connectivity index (χ1v) is 9.79. The average molecular weight is 404 g/mol. The Morgan fingerprint density at radius 2 is 1.44 bits per heavy atom. The van der Waals surface area contributed by atoms with Crippen molar-refractivity contribution in [3.05, 3.63) is 59.7 Å². The van der Waals surface area contributed by atoms with Crippen LogP contribution < -0.4 is 9.05 Å². The van der Waals surface area contributed by atoms with Gasteiger partial charge in [-0.2, -0.15) is 0 Å². The van der Waals surface area contributed by atoms with Gasteiger partial charge in [-0.3, -0.25) is 4.79 Å². The molecule has 2 aromatic rings. The maximum Gasteiger partial charge on any atom is 0.136 e. The summed E-state index contributed by atoms with van der Waals surface area (Å²) < 4.78 is 10.4. The van der Waals surface area contributed by atoms with Crippen LogP contribution in [0, 0.1) is 5.92 Å². The third kappa shape index (κ3) is 5.37. The predicted octanol–water partition coefficient (Wildman–Crippen LogP) is 4.90. The summed E-state index contributed by atoms with van der Waals surface area (Å²) in [6, 6.07) is 15.8. The van der Waals surface area contributed by atoms with Crippen LogP contribution in [0.25, 0.3) is 0 Å². The van der Waals surface area contributed by atoms with Crippen molar-refractivity contribution in [1.82, 2.24) is 0 Å². The van der Waals surface area contributed by atoms with E-state index in [0.29, 0.717) is 12.8 Å². The molecule has 2 rings (SSSR count). The third-order valence-corrected chi connectivity index (χ3v) is 5.67. The Morgan fingerprint density at radius 3 is 1.81 bits per heavy atom. The van der Waals surface area contributed by atoms with Gasteiger partial charge in [0.2, 0.25) is 0 Å². The lowest BCUT2D eigenvalue weighted by Crippen LogP contribution is -2.26. The van der Waals surface area contributed by atoms with Crippen molar-refractivity contribution in [2.75, 3.05) is 0 Å². The molecular formula is C21H26O4P2. The van der Waals surface area contributed by atoms with Crippen molar-refractivity contribution in [3.63, 3.8) is 0 Å². The molecule has 6 heteroatoms. The third-order valence-electron chi connectivity index (χ3n) is 5.13. The second-order valence-corrected chi connectivity index (χ2v) is 7.36.